The van der Waals surface area contributed by atoms with Crippen LogP contribution in [0.5, 0.6) is 11.5 Å². The van der Waals surface area contributed by atoms with E-state index >= 15 is 0 Å². The smallest absolute Gasteiger partial charge is 0.254 e. The Labute approximate surface area is 182 Å². The van der Waals surface area contributed by atoms with Gasteiger partial charge in [-0.2, -0.15) is 0 Å². The molecule has 7 heteroatoms. The Morgan fingerprint density at radius 3 is 2.55 bits per heavy atom. The van der Waals surface area contributed by atoms with Gasteiger partial charge in [-0.1, -0.05) is 24.3 Å². The van der Waals surface area contributed by atoms with Crippen LogP contribution in [0.1, 0.15) is 39.0 Å². The SMILES string of the molecule is COc1cc2c(cc1OC)[C@@H](C(=O)NCCN(C)C)[C@@H]1c3ccccc3CCN1C2=O. The summed E-state index contributed by atoms with van der Waals surface area (Å²) in [6.45, 7) is 1.85. The van der Waals surface area contributed by atoms with Crippen LogP contribution in [0.3, 0.4) is 0 Å². The molecule has 2 aromatic carbocycles. The highest BCUT2D eigenvalue weighted by Gasteiger charge is 2.46. The van der Waals surface area contributed by atoms with E-state index in [-0.39, 0.29) is 17.9 Å². The number of rotatable bonds is 6. The van der Waals surface area contributed by atoms with Gasteiger partial charge in [0, 0.05) is 25.2 Å². The maximum Gasteiger partial charge on any atom is 0.254 e. The Hall–Kier alpha value is -3.06. The summed E-state index contributed by atoms with van der Waals surface area (Å²) in [5.41, 5.74) is 3.41. The second-order valence-corrected chi connectivity index (χ2v) is 8.26. The monoisotopic (exact) mass is 423 g/mol. The maximum absolute atomic E-state index is 13.5. The Kier molecular flexibility index (Phi) is 5.87. The molecule has 0 aromatic heterocycles. The third-order valence-corrected chi connectivity index (χ3v) is 6.17. The molecule has 164 valence electrons. The Balaban J connectivity index is 1.84. The third kappa shape index (κ3) is 3.74. The van der Waals surface area contributed by atoms with Crippen molar-refractivity contribution < 1.29 is 19.1 Å². The van der Waals surface area contributed by atoms with Crippen LogP contribution >= 0.6 is 0 Å². The second-order valence-electron chi connectivity index (χ2n) is 8.26. The van der Waals surface area contributed by atoms with Gasteiger partial charge in [-0.15, -0.1) is 0 Å². The average molecular weight is 424 g/mol. The van der Waals surface area contributed by atoms with Crippen LogP contribution in [-0.2, 0) is 11.2 Å². The van der Waals surface area contributed by atoms with Gasteiger partial charge in [0.15, 0.2) is 11.5 Å². The van der Waals surface area contributed by atoms with Crippen LogP contribution in [-0.4, -0.2) is 69.6 Å². The number of fused-ring (bicyclic) bond motifs is 4. The first-order valence-electron chi connectivity index (χ1n) is 10.5. The van der Waals surface area contributed by atoms with E-state index in [1.807, 2.05) is 42.1 Å². The molecule has 2 atom stereocenters. The van der Waals surface area contributed by atoms with Gasteiger partial charge >= 0.3 is 0 Å². The first kappa shape index (κ1) is 21.2. The molecule has 2 aliphatic heterocycles. The summed E-state index contributed by atoms with van der Waals surface area (Å²) in [6, 6.07) is 11.2. The molecule has 0 aliphatic carbocycles. The van der Waals surface area contributed by atoms with Crippen LogP contribution in [0.15, 0.2) is 36.4 Å². The number of carbonyl (C=O) groups is 2. The summed E-state index contributed by atoms with van der Waals surface area (Å²) in [5, 5.41) is 3.08. The van der Waals surface area contributed by atoms with E-state index < -0.39 is 5.92 Å². The van der Waals surface area contributed by atoms with Gasteiger partial charge in [-0.3, -0.25) is 9.59 Å². The molecule has 0 unspecified atom stereocenters. The molecule has 2 aromatic rings. The number of methoxy groups -OCH3 is 2. The van der Waals surface area contributed by atoms with Crippen molar-refractivity contribution in [2.75, 3.05) is 47.9 Å². The molecule has 4 rings (SSSR count). The number of likely N-dealkylation sites (N-methyl/N-ethyl adjacent to an activating group) is 1. The fourth-order valence-electron chi connectivity index (χ4n) is 4.64. The summed E-state index contributed by atoms with van der Waals surface area (Å²) in [6.07, 6.45) is 0.774. The van der Waals surface area contributed by atoms with Gasteiger partial charge in [0.05, 0.1) is 26.2 Å². The highest BCUT2D eigenvalue weighted by Crippen LogP contribution is 2.48. The van der Waals surface area contributed by atoms with Crippen molar-refractivity contribution in [3.8, 4) is 11.5 Å². The highest BCUT2D eigenvalue weighted by molar-refractivity contribution is 6.02. The second kappa shape index (κ2) is 8.59. The number of benzene rings is 2. The van der Waals surface area contributed by atoms with E-state index in [1.165, 1.54) is 5.56 Å². The van der Waals surface area contributed by atoms with Gasteiger partial charge in [0.25, 0.3) is 5.91 Å². The van der Waals surface area contributed by atoms with E-state index in [0.29, 0.717) is 35.7 Å². The van der Waals surface area contributed by atoms with Gasteiger partial charge in [-0.25, -0.2) is 0 Å². The molecule has 0 fully saturated rings. The number of ether oxygens (including phenoxy) is 2. The van der Waals surface area contributed by atoms with Crippen molar-refractivity contribution in [1.29, 1.82) is 0 Å². The Bertz CT molecular complexity index is 1000. The normalized spacial score (nSPS) is 19.4. The van der Waals surface area contributed by atoms with Crippen molar-refractivity contribution in [1.82, 2.24) is 15.1 Å². The molecule has 31 heavy (non-hydrogen) atoms. The molecule has 1 N–H and O–H groups in total. The van der Waals surface area contributed by atoms with Gasteiger partial charge < -0.3 is 24.6 Å². The van der Waals surface area contributed by atoms with Crippen LogP contribution in [0, 0.1) is 0 Å². The minimum atomic E-state index is -0.531. The van der Waals surface area contributed by atoms with Gasteiger partial charge in [-0.05, 0) is 49.3 Å². The molecule has 2 aliphatic rings. The summed E-state index contributed by atoms with van der Waals surface area (Å²) < 4.78 is 10.9. The van der Waals surface area contributed by atoms with Crippen LogP contribution < -0.4 is 14.8 Å². The number of hydrogen-bond donors (Lipinski definition) is 1. The lowest BCUT2D eigenvalue weighted by Gasteiger charge is -2.45. The van der Waals surface area contributed by atoms with Crippen molar-refractivity contribution >= 4 is 11.8 Å². The summed E-state index contributed by atoms with van der Waals surface area (Å²) in [4.78, 5) is 30.9. The summed E-state index contributed by atoms with van der Waals surface area (Å²) >= 11 is 0. The van der Waals surface area contributed by atoms with Gasteiger partial charge in [0.1, 0.15) is 0 Å². The van der Waals surface area contributed by atoms with Crippen LogP contribution in [0.4, 0.5) is 0 Å². The first-order valence-corrected chi connectivity index (χ1v) is 10.5. The van der Waals surface area contributed by atoms with E-state index in [0.717, 1.165) is 18.5 Å². The maximum atomic E-state index is 13.5. The van der Waals surface area contributed by atoms with E-state index in [2.05, 4.69) is 11.4 Å². The molecule has 0 radical (unpaired) electrons. The largest absolute Gasteiger partial charge is 0.493 e. The predicted octanol–water partition coefficient (Wildman–Crippen LogP) is 2.22. The number of carbonyl (C=O) groups excluding carboxylic acids is 2. The molecule has 2 amide bonds. The third-order valence-electron chi connectivity index (χ3n) is 6.17. The standard InChI is InChI=1S/C24H29N3O4/c1-26(2)12-10-25-23(28)21-17-13-19(30-3)20(31-4)14-18(17)24(29)27-11-9-15-7-5-6-8-16(15)22(21)27/h5-8,13-14,21-22H,9-12H2,1-4H3,(H,25,28)/t21-,22+/m1/s1. The number of hydrogen-bond acceptors (Lipinski definition) is 5. The number of nitrogens with zero attached hydrogens (tertiary/aromatic N) is 2. The van der Waals surface area contributed by atoms with Crippen LogP contribution in [0.2, 0.25) is 0 Å². The first-order chi connectivity index (χ1) is 15.0. The lowest BCUT2D eigenvalue weighted by molar-refractivity contribution is -0.124. The summed E-state index contributed by atoms with van der Waals surface area (Å²) in [5.74, 6) is 0.299. The zero-order valence-electron chi connectivity index (χ0n) is 18.5. The van der Waals surface area contributed by atoms with E-state index in [4.69, 9.17) is 9.47 Å². The van der Waals surface area contributed by atoms with Crippen molar-refractivity contribution in [3.63, 3.8) is 0 Å². The Morgan fingerprint density at radius 2 is 1.84 bits per heavy atom. The molecular formula is C24H29N3O4. The average Bonchev–Trinajstić information content (AvgIpc) is 2.78. The van der Waals surface area contributed by atoms with Crippen molar-refractivity contribution in [3.05, 3.63) is 58.7 Å². The molecular weight excluding hydrogens is 394 g/mol. The van der Waals surface area contributed by atoms with E-state index in [9.17, 15) is 9.59 Å². The van der Waals surface area contributed by atoms with Crippen LogP contribution in [0.25, 0.3) is 0 Å². The van der Waals surface area contributed by atoms with Gasteiger partial charge in [0.2, 0.25) is 5.91 Å². The van der Waals surface area contributed by atoms with Crippen molar-refractivity contribution in [2.45, 2.75) is 18.4 Å². The van der Waals surface area contributed by atoms with E-state index in [1.54, 1.807) is 26.4 Å². The Morgan fingerprint density at radius 1 is 1.13 bits per heavy atom. The number of amides is 2. The molecule has 0 spiro atoms. The molecule has 0 saturated carbocycles. The molecule has 7 nitrogen and oxygen atoms in total. The fourth-order valence-corrected chi connectivity index (χ4v) is 4.64. The molecule has 0 saturated heterocycles. The minimum absolute atomic E-state index is 0.0761. The predicted molar refractivity (Wildman–Crippen MR) is 118 cm³/mol. The van der Waals surface area contributed by atoms with Crippen molar-refractivity contribution in [2.24, 2.45) is 0 Å². The topological polar surface area (TPSA) is 71.1 Å². The zero-order valence-corrected chi connectivity index (χ0v) is 18.5. The summed E-state index contributed by atoms with van der Waals surface area (Å²) in [7, 11) is 7.04. The minimum Gasteiger partial charge on any atom is -0.493 e. The lowest BCUT2D eigenvalue weighted by Crippen LogP contribution is -2.50. The fraction of sp³-hybridized carbons (Fsp3) is 0.417. The lowest BCUT2D eigenvalue weighted by atomic mass is 9.75. The molecule has 0 bridgehead atoms. The number of nitrogens with one attached hydrogen (secondary N) is 1. The highest BCUT2D eigenvalue weighted by atomic mass is 16.5. The zero-order chi connectivity index (χ0) is 22.1. The molecule has 2 heterocycles. The quantitative estimate of drug-likeness (QED) is 0.772.